The van der Waals surface area contributed by atoms with Crippen LogP contribution in [0.1, 0.15) is 30.9 Å². The molecule has 0 saturated carbocycles. The van der Waals surface area contributed by atoms with Gasteiger partial charge in [0.1, 0.15) is 0 Å². The molecule has 0 amide bonds. The standard InChI is InChI=1S/C18H19N/c1-2-3-12-19-13-10-16(11-14-19)18-9-8-15-6-4-5-7-17(15)18/h4-11,13-14H,2-3,12H2,1H3. The predicted octanol–water partition coefficient (Wildman–Crippen LogP) is 4.61. The predicted molar refractivity (Wildman–Crippen MR) is 82.3 cm³/mol. The fourth-order valence-corrected chi connectivity index (χ4v) is 2.53. The van der Waals surface area contributed by atoms with Crippen LogP contribution in [0.25, 0.3) is 11.6 Å². The Morgan fingerprint density at radius 3 is 2.53 bits per heavy atom. The summed E-state index contributed by atoms with van der Waals surface area (Å²) in [6.07, 6.45) is 15.7. The number of hydrogen-bond acceptors (Lipinski definition) is 1. The van der Waals surface area contributed by atoms with Crippen LogP contribution in [0.4, 0.5) is 0 Å². The molecule has 3 rings (SSSR count). The number of benzene rings is 1. The van der Waals surface area contributed by atoms with Crippen LogP contribution in [0.3, 0.4) is 0 Å². The first kappa shape index (κ1) is 12.0. The molecular formula is C18H19N. The molecule has 0 saturated heterocycles. The highest BCUT2D eigenvalue weighted by Gasteiger charge is 2.13. The van der Waals surface area contributed by atoms with Crippen LogP contribution in [-0.4, -0.2) is 11.4 Å². The van der Waals surface area contributed by atoms with Crippen LogP contribution in [0, 0.1) is 0 Å². The molecule has 0 fully saturated rings. The van der Waals surface area contributed by atoms with E-state index in [1.807, 2.05) is 0 Å². The van der Waals surface area contributed by atoms with Gasteiger partial charge in [-0.3, -0.25) is 0 Å². The van der Waals surface area contributed by atoms with Crippen molar-refractivity contribution in [1.82, 2.24) is 4.90 Å². The molecule has 2 aliphatic rings. The van der Waals surface area contributed by atoms with E-state index >= 15 is 0 Å². The second-order valence-corrected chi connectivity index (χ2v) is 5.01. The van der Waals surface area contributed by atoms with Crippen LogP contribution in [0.5, 0.6) is 0 Å². The first-order valence-electron chi connectivity index (χ1n) is 7.02. The van der Waals surface area contributed by atoms with Crippen molar-refractivity contribution in [2.75, 3.05) is 6.54 Å². The van der Waals surface area contributed by atoms with Gasteiger partial charge in [0.15, 0.2) is 0 Å². The molecule has 0 aromatic heterocycles. The summed E-state index contributed by atoms with van der Waals surface area (Å²) in [5.74, 6) is 0. The van der Waals surface area contributed by atoms with E-state index in [9.17, 15) is 0 Å². The molecule has 0 radical (unpaired) electrons. The molecular weight excluding hydrogens is 230 g/mol. The summed E-state index contributed by atoms with van der Waals surface area (Å²) in [5.41, 5.74) is 5.29. The topological polar surface area (TPSA) is 3.24 Å². The minimum atomic E-state index is 1.11. The number of unbranched alkanes of at least 4 members (excludes halogenated alkanes) is 1. The van der Waals surface area contributed by atoms with Crippen LogP contribution >= 0.6 is 0 Å². The third-order valence-corrected chi connectivity index (χ3v) is 3.65. The van der Waals surface area contributed by atoms with Gasteiger partial charge in [0, 0.05) is 18.9 Å². The maximum Gasteiger partial charge on any atom is 0.0219 e. The lowest BCUT2D eigenvalue weighted by Crippen LogP contribution is -2.13. The molecule has 19 heavy (non-hydrogen) atoms. The van der Waals surface area contributed by atoms with E-state index in [1.165, 1.54) is 35.1 Å². The van der Waals surface area contributed by atoms with Crippen LogP contribution < -0.4 is 0 Å². The zero-order valence-electron chi connectivity index (χ0n) is 11.3. The summed E-state index contributed by atoms with van der Waals surface area (Å²) in [5, 5.41) is 0. The minimum Gasteiger partial charge on any atom is -0.354 e. The van der Waals surface area contributed by atoms with Crippen molar-refractivity contribution < 1.29 is 0 Å². The van der Waals surface area contributed by atoms with Crippen molar-refractivity contribution in [3.05, 3.63) is 71.6 Å². The zero-order chi connectivity index (χ0) is 13.1. The van der Waals surface area contributed by atoms with Crippen molar-refractivity contribution in [1.29, 1.82) is 0 Å². The monoisotopic (exact) mass is 249 g/mol. The van der Waals surface area contributed by atoms with Crippen LogP contribution in [0.2, 0.25) is 0 Å². The van der Waals surface area contributed by atoms with Gasteiger partial charge < -0.3 is 4.90 Å². The summed E-state index contributed by atoms with van der Waals surface area (Å²) in [4.78, 5) is 2.26. The van der Waals surface area contributed by atoms with Gasteiger partial charge in [-0.25, -0.2) is 0 Å². The average molecular weight is 249 g/mol. The van der Waals surface area contributed by atoms with Crippen molar-refractivity contribution >= 4 is 11.6 Å². The van der Waals surface area contributed by atoms with E-state index in [0.29, 0.717) is 0 Å². The second-order valence-electron chi connectivity index (χ2n) is 5.01. The quantitative estimate of drug-likeness (QED) is 0.756. The molecule has 0 atom stereocenters. The number of nitrogens with zero attached hydrogens (tertiary/aromatic N) is 1. The first-order valence-corrected chi connectivity index (χ1v) is 7.02. The SMILES string of the molecule is CCCCN1C=CC(=C2C=Cc3ccccc32)C=C1. The lowest BCUT2D eigenvalue weighted by atomic mass is 10.00. The molecule has 0 bridgehead atoms. The number of hydrogen-bond donors (Lipinski definition) is 0. The van der Waals surface area contributed by atoms with E-state index in [0.717, 1.165) is 6.54 Å². The zero-order valence-corrected chi connectivity index (χ0v) is 11.3. The highest BCUT2D eigenvalue weighted by Crippen LogP contribution is 2.33. The lowest BCUT2D eigenvalue weighted by molar-refractivity contribution is 0.482. The van der Waals surface area contributed by atoms with Gasteiger partial charge in [-0.15, -0.1) is 0 Å². The van der Waals surface area contributed by atoms with Crippen LogP contribution in [-0.2, 0) is 0 Å². The highest BCUT2D eigenvalue weighted by atomic mass is 15.1. The van der Waals surface area contributed by atoms with Crippen LogP contribution in [0.15, 0.2) is 60.5 Å². The van der Waals surface area contributed by atoms with Crippen molar-refractivity contribution in [3.8, 4) is 0 Å². The molecule has 0 N–H and O–H groups in total. The summed E-state index contributed by atoms with van der Waals surface area (Å²) in [6.45, 7) is 3.34. The number of rotatable bonds is 3. The summed E-state index contributed by atoms with van der Waals surface area (Å²) in [7, 11) is 0. The molecule has 1 aromatic rings. The molecule has 0 spiro atoms. The van der Waals surface area contributed by atoms with E-state index in [1.54, 1.807) is 0 Å². The van der Waals surface area contributed by atoms with E-state index < -0.39 is 0 Å². The third kappa shape index (κ3) is 2.41. The van der Waals surface area contributed by atoms with Gasteiger partial charge in [-0.1, -0.05) is 49.8 Å². The molecule has 1 nitrogen and oxygen atoms in total. The van der Waals surface area contributed by atoms with E-state index in [2.05, 4.69) is 72.8 Å². The van der Waals surface area contributed by atoms with Gasteiger partial charge in [-0.05, 0) is 40.8 Å². The number of allylic oxidation sites excluding steroid dienone is 5. The maximum atomic E-state index is 2.26. The molecule has 96 valence electrons. The Balaban J connectivity index is 1.84. The Kier molecular flexibility index (Phi) is 3.37. The summed E-state index contributed by atoms with van der Waals surface area (Å²) < 4.78 is 0. The van der Waals surface area contributed by atoms with Gasteiger partial charge >= 0.3 is 0 Å². The molecule has 1 aliphatic carbocycles. The van der Waals surface area contributed by atoms with E-state index in [-0.39, 0.29) is 0 Å². The van der Waals surface area contributed by atoms with Crippen molar-refractivity contribution in [3.63, 3.8) is 0 Å². The Morgan fingerprint density at radius 2 is 1.74 bits per heavy atom. The Hall–Kier alpha value is -2.02. The van der Waals surface area contributed by atoms with Gasteiger partial charge in [0.05, 0.1) is 0 Å². The Bertz CT molecular complexity index is 571. The molecule has 1 aliphatic heterocycles. The van der Waals surface area contributed by atoms with Gasteiger partial charge in [0.2, 0.25) is 0 Å². The molecule has 0 unspecified atom stereocenters. The first-order chi connectivity index (χ1) is 9.38. The normalized spacial score (nSPS) is 16.4. The highest BCUT2D eigenvalue weighted by molar-refractivity contribution is 5.93. The number of fused-ring (bicyclic) bond motifs is 1. The lowest BCUT2D eigenvalue weighted by Gasteiger charge is -2.19. The smallest absolute Gasteiger partial charge is 0.0219 e. The summed E-state index contributed by atoms with van der Waals surface area (Å²) >= 11 is 0. The maximum absolute atomic E-state index is 2.26. The fraction of sp³-hybridized carbons (Fsp3) is 0.222. The largest absolute Gasteiger partial charge is 0.354 e. The van der Waals surface area contributed by atoms with Crippen molar-refractivity contribution in [2.24, 2.45) is 0 Å². The second kappa shape index (κ2) is 5.31. The molecule has 1 heteroatoms. The fourth-order valence-electron chi connectivity index (χ4n) is 2.53. The van der Waals surface area contributed by atoms with Gasteiger partial charge in [-0.2, -0.15) is 0 Å². The summed E-state index contributed by atoms with van der Waals surface area (Å²) in [6, 6.07) is 8.57. The molecule has 1 aromatic carbocycles. The third-order valence-electron chi connectivity index (χ3n) is 3.65. The van der Waals surface area contributed by atoms with Crippen molar-refractivity contribution in [2.45, 2.75) is 19.8 Å². The average Bonchev–Trinajstić information content (AvgIpc) is 2.90. The Labute approximate surface area is 115 Å². The van der Waals surface area contributed by atoms with E-state index in [4.69, 9.17) is 0 Å². The minimum absolute atomic E-state index is 1.11. The Morgan fingerprint density at radius 1 is 0.947 bits per heavy atom. The van der Waals surface area contributed by atoms with Gasteiger partial charge in [0.25, 0.3) is 0 Å². The molecule has 1 heterocycles.